The first kappa shape index (κ1) is 10.8. The highest BCUT2D eigenvalue weighted by Gasteiger charge is 2.07. The minimum Gasteiger partial charge on any atom is -0.333 e. The molecule has 0 radical (unpaired) electrons. The first-order valence-electron chi connectivity index (χ1n) is 4.71. The molecule has 1 aromatic carbocycles. The van der Waals surface area contributed by atoms with Gasteiger partial charge in [0.15, 0.2) is 5.16 Å². The maximum Gasteiger partial charge on any atom is 0.166 e. The lowest BCUT2D eigenvalue weighted by atomic mass is 10.3. The Balaban J connectivity index is 2.30. The Kier molecular flexibility index (Phi) is 3.19. The third-order valence-corrected chi connectivity index (χ3v) is 3.31. The number of hydrogen-bond donors (Lipinski definition) is 2. The first-order valence-corrected chi connectivity index (χ1v) is 5.97. The van der Waals surface area contributed by atoms with E-state index >= 15 is 0 Å². The normalized spacial score (nSPS) is 13.3. The predicted molar refractivity (Wildman–Crippen MR) is 65.5 cm³/mol. The zero-order valence-corrected chi connectivity index (χ0v) is 9.90. The maximum absolute atomic E-state index is 5.89. The monoisotopic (exact) mass is 241 g/mol. The molecule has 0 bridgehead atoms. The number of nitrogens with zero attached hydrogens (tertiary/aromatic N) is 1. The van der Waals surface area contributed by atoms with Gasteiger partial charge in [-0.3, -0.25) is 0 Å². The second kappa shape index (κ2) is 4.43. The number of aromatic amines is 1. The van der Waals surface area contributed by atoms with Crippen molar-refractivity contribution >= 4 is 34.4 Å². The molecule has 3 N–H and O–H groups in total. The van der Waals surface area contributed by atoms with Gasteiger partial charge in [0.05, 0.1) is 11.0 Å². The molecule has 80 valence electrons. The molecular formula is C10H12ClN3S. The van der Waals surface area contributed by atoms with Crippen LogP contribution in [0.2, 0.25) is 5.02 Å². The van der Waals surface area contributed by atoms with E-state index in [-0.39, 0.29) is 0 Å². The molecule has 0 aliphatic rings. The topological polar surface area (TPSA) is 54.7 Å². The molecule has 0 aliphatic heterocycles. The fraction of sp³-hybridized carbons (Fsp3) is 0.300. The summed E-state index contributed by atoms with van der Waals surface area (Å²) >= 11 is 7.53. The van der Waals surface area contributed by atoms with Gasteiger partial charge in [0, 0.05) is 16.8 Å². The molecule has 15 heavy (non-hydrogen) atoms. The summed E-state index contributed by atoms with van der Waals surface area (Å²) in [6, 6.07) is 5.62. The van der Waals surface area contributed by atoms with Crippen LogP contribution in [0.25, 0.3) is 11.0 Å². The fourth-order valence-electron chi connectivity index (χ4n) is 1.25. The predicted octanol–water partition coefficient (Wildman–Crippen LogP) is 2.66. The highest BCUT2D eigenvalue weighted by molar-refractivity contribution is 7.99. The highest BCUT2D eigenvalue weighted by Crippen LogP contribution is 2.24. The number of aromatic nitrogens is 2. The lowest BCUT2D eigenvalue weighted by Gasteiger charge is -2.03. The zero-order valence-electron chi connectivity index (χ0n) is 8.33. The van der Waals surface area contributed by atoms with Crippen molar-refractivity contribution in [3.8, 4) is 0 Å². The van der Waals surface area contributed by atoms with Crippen molar-refractivity contribution < 1.29 is 0 Å². The minimum atomic E-state index is 0.362. The Hall–Kier alpha value is -0.710. The van der Waals surface area contributed by atoms with Gasteiger partial charge in [0.1, 0.15) is 0 Å². The van der Waals surface area contributed by atoms with Crippen molar-refractivity contribution in [2.24, 2.45) is 5.73 Å². The summed E-state index contributed by atoms with van der Waals surface area (Å²) in [6.07, 6.45) is 0. The van der Waals surface area contributed by atoms with Gasteiger partial charge >= 0.3 is 0 Å². The molecule has 2 rings (SSSR count). The Labute approximate surface area is 97.4 Å². The van der Waals surface area contributed by atoms with Crippen molar-refractivity contribution in [1.82, 2.24) is 9.97 Å². The molecule has 0 saturated heterocycles. The number of hydrogen-bond acceptors (Lipinski definition) is 3. The van der Waals surface area contributed by atoms with Gasteiger partial charge in [-0.2, -0.15) is 0 Å². The van der Waals surface area contributed by atoms with Crippen molar-refractivity contribution in [1.29, 1.82) is 0 Å². The van der Waals surface area contributed by atoms with Crippen molar-refractivity contribution in [3.63, 3.8) is 0 Å². The van der Waals surface area contributed by atoms with Gasteiger partial charge in [-0.15, -0.1) is 0 Å². The lowest BCUT2D eigenvalue weighted by Crippen LogP contribution is -2.12. The zero-order chi connectivity index (χ0) is 10.8. The third kappa shape index (κ3) is 2.45. The van der Waals surface area contributed by atoms with Gasteiger partial charge in [-0.25, -0.2) is 4.98 Å². The van der Waals surface area contributed by atoms with Crippen LogP contribution in [0.5, 0.6) is 0 Å². The highest BCUT2D eigenvalue weighted by atomic mass is 35.5. The van der Waals surface area contributed by atoms with Crippen LogP contribution in [0.1, 0.15) is 6.92 Å². The number of benzene rings is 1. The van der Waals surface area contributed by atoms with Crippen LogP contribution in [0.15, 0.2) is 23.4 Å². The second-order valence-corrected chi connectivity index (χ2v) is 5.23. The fourth-order valence-corrected chi connectivity index (χ4v) is 2.22. The molecule has 0 aliphatic carbocycles. The van der Waals surface area contributed by atoms with Gasteiger partial charge < -0.3 is 10.7 Å². The van der Waals surface area contributed by atoms with Crippen molar-refractivity contribution in [2.45, 2.75) is 17.3 Å². The quantitative estimate of drug-likeness (QED) is 0.813. The number of rotatable bonds is 3. The average Bonchev–Trinajstić information content (AvgIpc) is 2.59. The van der Waals surface area contributed by atoms with E-state index < -0.39 is 0 Å². The van der Waals surface area contributed by atoms with Gasteiger partial charge in [0.25, 0.3) is 0 Å². The summed E-state index contributed by atoms with van der Waals surface area (Å²) in [5.41, 5.74) is 7.46. The standard InChI is InChI=1S/C10H12ClN3S/c1-6(5-12)15-10-13-8-3-2-7(11)4-9(8)14-10/h2-4,6H,5,12H2,1H3,(H,13,14). The molecule has 1 atom stereocenters. The largest absolute Gasteiger partial charge is 0.333 e. The first-order chi connectivity index (χ1) is 7.19. The number of nitrogens with one attached hydrogen (secondary N) is 1. The van der Waals surface area contributed by atoms with Crippen molar-refractivity contribution in [2.75, 3.05) is 6.54 Å². The smallest absolute Gasteiger partial charge is 0.166 e. The van der Waals surface area contributed by atoms with E-state index in [9.17, 15) is 0 Å². The average molecular weight is 242 g/mol. The summed E-state index contributed by atoms with van der Waals surface area (Å²) in [6.45, 7) is 2.72. The van der Waals surface area contributed by atoms with Crippen LogP contribution in [0.4, 0.5) is 0 Å². The van der Waals surface area contributed by atoms with Gasteiger partial charge in [-0.1, -0.05) is 30.3 Å². The maximum atomic E-state index is 5.89. The molecule has 0 saturated carbocycles. The molecule has 1 unspecified atom stereocenters. The second-order valence-electron chi connectivity index (χ2n) is 3.37. The van der Waals surface area contributed by atoms with Gasteiger partial charge in [-0.05, 0) is 18.2 Å². The molecule has 0 fully saturated rings. The van der Waals surface area contributed by atoms with E-state index in [1.165, 1.54) is 0 Å². The van der Waals surface area contributed by atoms with E-state index in [1.807, 2.05) is 18.2 Å². The summed E-state index contributed by atoms with van der Waals surface area (Å²) < 4.78 is 0. The molecule has 1 aromatic heterocycles. The Morgan fingerprint density at radius 2 is 2.40 bits per heavy atom. The molecule has 0 amide bonds. The van der Waals surface area contributed by atoms with Crippen LogP contribution in [-0.4, -0.2) is 21.8 Å². The lowest BCUT2D eigenvalue weighted by molar-refractivity contribution is 0.938. The van der Waals surface area contributed by atoms with E-state index in [0.29, 0.717) is 11.8 Å². The van der Waals surface area contributed by atoms with Crippen LogP contribution in [-0.2, 0) is 0 Å². The van der Waals surface area contributed by atoms with E-state index in [0.717, 1.165) is 21.2 Å². The molecule has 5 heteroatoms. The Morgan fingerprint density at radius 3 is 3.13 bits per heavy atom. The molecular weight excluding hydrogens is 230 g/mol. The van der Waals surface area contributed by atoms with Gasteiger partial charge in [0.2, 0.25) is 0 Å². The Bertz CT molecular complexity index is 469. The van der Waals surface area contributed by atoms with Crippen LogP contribution >= 0.6 is 23.4 Å². The SMILES string of the molecule is CC(CN)Sc1nc2ccc(Cl)cc2[nH]1. The van der Waals surface area contributed by atoms with Crippen molar-refractivity contribution in [3.05, 3.63) is 23.2 Å². The molecule has 3 nitrogen and oxygen atoms in total. The molecule has 0 spiro atoms. The third-order valence-electron chi connectivity index (χ3n) is 2.07. The van der Waals surface area contributed by atoms with E-state index in [2.05, 4.69) is 16.9 Å². The number of fused-ring (bicyclic) bond motifs is 1. The van der Waals surface area contributed by atoms with Crippen LogP contribution in [0.3, 0.4) is 0 Å². The number of halogens is 1. The number of imidazole rings is 1. The minimum absolute atomic E-state index is 0.362. The van der Waals surface area contributed by atoms with E-state index in [4.69, 9.17) is 17.3 Å². The Morgan fingerprint density at radius 1 is 1.60 bits per heavy atom. The summed E-state index contributed by atoms with van der Waals surface area (Å²) in [7, 11) is 0. The number of nitrogens with two attached hydrogens (primary N) is 1. The van der Waals surface area contributed by atoms with Crippen LogP contribution < -0.4 is 5.73 Å². The number of H-pyrrole nitrogens is 1. The van der Waals surface area contributed by atoms with E-state index in [1.54, 1.807) is 11.8 Å². The number of thioether (sulfide) groups is 1. The summed E-state index contributed by atoms with van der Waals surface area (Å²) in [5.74, 6) is 0. The molecule has 1 heterocycles. The van der Waals surface area contributed by atoms with Crippen LogP contribution in [0, 0.1) is 0 Å². The molecule has 2 aromatic rings. The summed E-state index contributed by atoms with van der Waals surface area (Å²) in [5, 5.41) is 1.97. The summed E-state index contributed by atoms with van der Waals surface area (Å²) in [4.78, 5) is 7.65.